The number of carboxylic acids is 1. The zero-order valence-corrected chi connectivity index (χ0v) is 15.7. The molecule has 2 heterocycles. The van der Waals surface area contributed by atoms with E-state index in [1.807, 2.05) is 18.7 Å². The smallest absolute Gasteiger partial charge is 0.323 e. The van der Waals surface area contributed by atoms with Crippen molar-refractivity contribution in [2.45, 2.75) is 58.9 Å². The lowest BCUT2D eigenvalue weighted by atomic mass is 10.1. The minimum Gasteiger partial charge on any atom is -0.480 e. The SMILES string of the molecule is CC(=O)N(CC(=O)O)C1CCCN(C(=O)CCc2c(C)noc2C)CC1. The van der Waals surface area contributed by atoms with Crippen LogP contribution in [0.25, 0.3) is 0 Å². The van der Waals surface area contributed by atoms with Crippen molar-refractivity contribution >= 4 is 17.8 Å². The quantitative estimate of drug-likeness (QED) is 0.820. The third-order valence-electron chi connectivity index (χ3n) is 4.97. The number of aliphatic carboxylic acids is 1. The Morgan fingerprint density at radius 3 is 2.58 bits per heavy atom. The van der Waals surface area contributed by atoms with Crippen LogP contribution in [0, 0.1) is 13.8 Å². The van der Waals surface area contributed by atoms with Gasteiger partial charge >= 0.3 is 5.97 Å². The summed E-state index contributed by atoms with van der Waals surface area (Å²) in [7, 11) is 0. The van der Waals surface area contributed by atoms with Gasteiger partial charge in [0.15, 0.2) is 0 Å². The molecule has 0 aliphatic carbocycles. The van der Waals surface area contributed by atoms with Crippen LogP contribution in [0.4, 0.5) is 0 Å². The lowest BCUT2D eigenvalue weighted by Gasteiger charge is -2.28. The Bertz CT molecular complexity index is 650. The highest BCUT2D eigenvalue weighted by Crippen LogP contribution is 2.19. The topological polar surface area (TPSA) is 104 Å². The molecule has 0 bridgehead atoms. The van der Waals surface area contributed by atoms with E-state index in [1.165, 1.54) is 11.8 Å². The van der Waals surface area contributed by atoms with Gasteiger partial charge in [-0.3, -0.25) is 14.4 Å². The maximum atomic E-state index is 12.6. The maximum absolute atomic E-state index is 12.6. The third kappa shape index (κ3) is 5.06. The van der Waals surface area contributed by atoms with Crippen molar-refractivity contribution in [2.75, 3.05) is 19.6 Å². The molecule has 144 valence electrons. The molecule has 0 aromatic carbocycles. The maximum Gasteiger partial charge on any atom is 0.323 e. The summed E-state index contributed by atoms with van der Waals surface area (Å²) in [5.74, 6) is -0.442. The molecule has 1 N–H and O–H groups in total. The number of likely N-dealkylation sites (tertiary alicyclic amines) is 1. The van der Waals surface area contributed by atoms with Crippen LogP contribution in [0.1, 0.15) is 49.6 Å². The van der Waals surface area contributed by atoms with E-state index in [-0.39, 0.29) is 24.4 Å². The van der Waals surface area contributed by atoms with E-state index >= 15 is 0 Å². The molecule has 0 spiro atoms. The largest absolute Gasteiger partial charge is 0.480 e. The summed E-state index contributed by atoms with van der Waals surface area (Å²) in [4.78, 5) is 38.5. The minimum atomic E-state index is -1.02. The standard InChI is InChI=1S/C18H27N3O5/c1-12-16(13(2)26-19-12)6-7-17(23)20-9-4-5-15(8-10-20)21(14(3)22)11-18(24)25/h15H,4-11H2,1-3H3,(H,24,25). The second-order valence-corrected chi connectivity index (χ2v) is 6.81. The molecule has 1 aromatic heterocycles. The molecule has 0 radical (unpaired) electrons. The highest BCUT2D eigenvalue weighted by atomic mass is 16.5. The van der Waals surface area contributed by atoms with Crippen molar-refractivity contribution in [1.82, 2.24) is 15.0 Å². The van der Waals surface area contributed by atoms with Crippen LogP contribution in [0.2, 0.25) is 0 Å². The monoisotopic (exact) mass is 365 g/mol. The summed E-state index contributed by atoms with van der Waals surface area (Å²) in [6.45, 7) is 5.98. The number of rotatable bonds is 6. The van der Waals surface area contributed by atoms with Gasteiger partial charge in [0.2, 0.25) is 11.8 Å². The average molecular weight is 365 g/mol. The summed E-state index contributed by atoms with van der Waals surface area (Å²) < 4.78 is 5.13. The summed E-state index contributed by atoms with van der Waals surface area (Å²) >= 11 is 0. The Kier molecular flexibility index (Phi) is 6.76. The number of aryl methyl sites for hydroxylation is 2. The van der Waals surface area contributed by atoms with Crippen LogP contribution in [0.15, 0.2) is 4.52 Å². The van der Waals surface area contributed by atoms with E-state index in [1.54, 1.807) is 0 Å². The Morgan fingerprint density at radius 2 is 2.00 bits per heavy atom. The lowest BCUT2D eigenvalue weighted by Crippen LogP contribution is -2.43. The number of hydrogen-bond donors (Lipinski definition) is 1. The fourth-order valence-corrected chi connectivity index (χ4v) is 3.53. The number of carbonyl (C=O) groups excluding carboxylic acids is 2. The Hall–Kier alpha value is -2.38. The number of carbonyl (C=O) groups is 3. The number of amides is 2. The predicted octanol–water partition coefficient (Wildman–Crippen LogP) is 1.54. The molecule has 1 atom stereocenters. The summed E-state index contributed by atoms with van der Waals surface area (Å²) in [5, 5.41) is 12.9. The molecule has 2 amide bonds. The molecule has 2 rings (SSSR count). The van der Waals surface area contributed by atoms with Crippen LogP contribution < -0.4 is 0 Å². The van der Waals surface area contributed by atoms with Gasteiger partial charge in [0.05, 0.1) is 5.69 Å². The highest BCUT2D eigenvalue weighted by Gasteiger charge is 2.27. The van der Waals surface area contributed by atoms with E-state index in [0.717, 1.165) is 23.4 Å². The molecule has 1 aromatic rings. The van der Waals surface area contributed by atoms with E-state index in [4.69, 9.17) is 9.63 Å². The normalized spacial score (nSPS) is 17.7. The second-order valence-electron chi connectivity index (χ2n) is 6.81. The van der Waals surface area contributed by atoms with E-state index in [0.29, 0.717) is 38.8 Å². The van der Waals surface area contributed by atoms with Crippen molar-refractivity contribution < 1.29 is 24.0 Å². The fraction of sp³-hybridized carbons (Fsp3) is 0.667. The van der Waals surface area contributed by atoms with E-state index < -0.39 is 5.97 Å². The predicted molar refractivity (Wildman–Crippen MR) is 93.5 cm³/mol. The van der Waals surface area contributed by atoms with Crippen LogP contribution in [0.5, 0.6) is 0 Å². The van der Waals surface area contributed by atoms with E-state index in [9.17, 15) is 14.4 Å². The van der Waals surface area contributed by atoms with Gasteiger partial charge in [-0.25, -0.2) is 0 Å². The first-order valence-electron chi connectivity index (χ1n) is 8.98. The molecule has 1 fully saturated rings. The van der Waals surface area contributed by atoms with Crippen LogP contribution in [-0.4, -0.2) is 63.5 Å². The Morgan fingerprint density at radius 1 is 1.27 bits per heavy atom. The lowest BCUT2D eigenvalue weighted by molar-refractivity contribution is -0.145. The summed E-state index contributed by atoms with van der Waals surface area (Å²) in [6.07, 6.45) is 3.05. The van der Waals surface area contributed by atoms with Gasteiger partial charge in [-0.1, -0.05) is 5.16 Å². The molecule has 0 saturated carbocycles. The first kappa shape index (κ1) is 19.9. The molecule has 1 aliphatic heterocycles. The molecule has 8 nitrogen and oxygen atoms in total. The van der Waals surface area contributed by atoms with Gasteiger partial charge < -0.3 is 19.4 Å². The number of nitrogens with zero attached hydrogens (tertiary/aromatic N) is 3. The number of carboxylic acid groups (broad SMARTS) is 1. The molecule has 26 heavy (non-hydrogen) atoms. The van der Waals surface area contributed by atoms with Crippen LogP contribution in [-0.2, 0) is 20.8 Å². The first-order chi connectivity index (χ1) is 12.3. The fourth-order valence-electron chi connectivity index (χ4n) is 3.53. The summed E-state index contributed by atoms with van der Waals surface area (Å²) in [5.41, 5.74) is 1.80. The molecule has 1 saturated heterocycles. The number of aromatic nitrogens is 1. The first-order valence-corrected chi connectivity index (χ1v) is 8.98. The van der Waals surface area contributed by atoms with Crippen LogP contribution in [0.3, 0.4) is 0 Å². The van der Waals surface area contributed by atoms with Gasteiger partial charge in [0.1, 0.15) is 12.3 Å². The van der Waals surface area contributed by atoms with E-state index in [2.05, 4.69) is 5.16 Å². The highest BCUT2D eigenvalue weighted by molar-refractivity contribution is 5.80. The minimum absolute atomic E-state index is 0.0678. The molecule has 1 unspecified atom stereocenters. The van der Waals surface area contributed by atoms with Gasteiger partial charge in [-0.05, 0) is 39.5 Å². The Balaban J connectivity index is 1.91. The van der Waals surface area contributed by atoms with Gasteiger partial charge in [0.25, 0.3) is 0 Å². The van der Waals surface area contributed by atoms with Crippen molar-refractivity contribution in [2.24, 2.45) is 0 Å². The average Bonchev–Trinajstić information content (AvgIpc) is 2.78. The van der Waals surface area contributed by atoms with Gasteiger partial charge in [-0.15, -0.1) is 0 Å². The zero-order valence-electron chi connectivity index (χ0n) is 15.7. The zero-order chi connectivity index (χ0) is 19.3. The van der Waals surface area contributed by atoms with Crippen LogP contribution >= 0.6 is 0 Å². The van der Waals surface area contributed by atoms with Gasteiger partial charge in [0, 0.05) is 38.0 Å². The third-order valence-corrected chi connectivity index (χ3v) is 4.97. The van der Waals surface area contributed by atoms with Crippen molar-refractivity contribution in [3.63, 3.8) is 0 Å². The van der Waals surface area contributed by atoms with Crippen molar-refractivity contribution in [1.29, 1.82) is 0 Å². The Labute approximate surface area is 153 Å². The van der Waals surface area contributed by atoms with Crippen molar-refractivity contribution in [3.8, 4) is 0 Å². The van der Waals surface area contributed by atoms with Gasteiger partial charge in [-0.2, -0.15) is 0 Å². The molecular formula is C18H27N3O5. The summed E-state index contributed by atoms with van der Waals surface area (Å²) in [6, 6.07) is -0.135. The molecule has 8 heteroatoms. The number of hydrogen-bond acceptors (Lipinski definition) is 5. The molecule has 1 aliphatic rings. The second kappa shape index (κ2) is 8.82. The van der Waals surface area contributed by atoms with Crippen molar-refractivity contribution in [3.05, 3.63) is 17.0 Å². The molecular weight excluding hydrogens is 338 g/mol.